The third kappa shape index (κ3) is 4.03. The quantitative estimate of drug-likeness (QED) is 0.791. The molecule has 122 valence electrons. The Hall–Kier alpha value is -2.05. The highest BCUT2D eigenvalue weighted by Gasteiger charge is 2.24. The van der Waals surface area contributed by atoms with E-state index in [0.29, 0.717) is 24.7 Å². The molecule has 1 saturated heterocycles. The number of benzene rings is 2. The predicted octanol–water partition coefficient (Wildman–Crippen LogP) is 2.83. The van der Waals surface area contributed by atoms with Gasteiger partial charge in [0.2, 0.25) is 0 Å². The first-order valence-electron chi connectivity index (χ1n) is 7.53. The van der Waals surface area contributed by atoms with E-state index in [1.807, 2.05) is 13.0 Å². The summed E-state index contributed by atoms with van der Waals surface area (Å²) in [5.74, 6) is 0.596. The minimum atomic E-state index is -3.64. The normalized spacial score (nSPS) is 16.8. The number of sulfonamides is 1. The van der Waals surface area contributed by atoms with Crippen LogP contribution in [0.15, 0.2) is 53.4 Å². The average molecular weight is 333 g/mol. The number of para-hydroxylation sites is 1. The molecular weight excluding hydrogens is 314 g/mol. The van der Waals surface area contributed by atoms with E-state index in [1.54, 1.807) is 42.5 Å². The minimum absolute atomic E-state index is 0.127. The highest BCUT2D eigenvalue weighted by atomic mass is 32.2. The number of aryl methyl sites for hydroxylation is 1. The molecule has 0 saturated carbocycles. The molecule has 23 heavy (non-hydrogen) atoms. The molecule has 1 unspecified atom stereocenters. The van der Waals surface area contributed by atoms with Gasteiger partial charge in [0, 0.05) is 11.8 Å². The van der Waals surface area contributed by atoms with Crippen molar-refractivity contribution in [2.45, 2.75) is 24.3 Å². The smallest absolute Gasteiger partial charge is 0.262 e. The van der Waals surface area contributed by atoms with Gasteiger partial charge in [-0.1, -0.05) is 31.2 Å². The van der Waals surface area contributed by atoms with Gasteiger partial charge >= 0.3 is 0 Å². The molecule has 2 aromatic carbocycles. The zero-order valence-corrected chi connectivity index (χ0v) is 13.7. The third-order valence-corrected chi connectivity index (χ3v) is 4.96. The lowest BCUT2D eigenvalue weighted by Crippen LogP contribution is -2.14. The van der Waals surface area contributed by atoms with Crippen LogP contribution in [0, 0.1) is 0 Å². The Morgan fingerprint density at radius 2 is 1.96 bits per heavy atom. The maximum Gasteiger partial charge on any atom is 0.262 e. The standard InChI is InChI=1S/C17H19NO4S/c1-2-13-8-9-16(10-17(13)22-12-15-11-21-15)23(19,20)18-14-6-4-3-5-7-14/h3-10,15,18H,2,11-12H2,1H3. The van der Waals surface area contributed by atoms with Crippen LogP contribution in [-0.4, -0.2) is 27.7 Å². The second-order valence-electron chi connectivity index (χ2n) is 5.36. The van der Waals surface area contributed by atoms with Gasteiger partial charge < -0.3 is 9.47 Å². The maximum absolute atomic E-state index is 12.5. The molecule has 1 aliphatic heterocycles. The summed E-state index contributed by atoms with van der Waals surface area (Å²) in [6, 6.07) is 13.8. The van der Waals surface area contributed by atoms with E-state index in [2.05, 4.69) is 4.72 Å². The van der Waals surface area contributed by atoms with Crippen LogP contribution >= 0.6 is 0 Å². The molecule has 1 aliphatic rings. The van der Waals surface area contributed by atoms with Gasteiger partial charge in [0.1, 0.15) is 18.5 Å². The maximum atomic E-state index is 12.5. The zero-order chi connectivity index (χ0) is 16.3. The van der Waals surface area contributed by atoms with E-state index in [0.717, 1.165) is 12.0 Å². The molecule has 0 aromatic heterocycles. The summed E-state index contributed by atoms with van der Waals surface area (Å²) in [5, 5.41) is 0. The highest BCUT2D eigenvalue weighted by molar-refractivity contribution is 7.92. The van der Waals surface area contributed by atoms with Crippen molar-refractivity contribution in [3.05, 3.63) is 54.1 Å². The van der Waals surface area contributed by atoms with Crippen LogP contribution in [0.25, 0.3) is 0 Å². The molecule has 2 aromatic rings. The molecule has 0 amide bonds. The third-order valence-electron chi connectivity index (χ3n) is 3.58. The molecule has 1 N–H and O–H groups in total. The Morgan fingerprint density at radius 1 is 1.22 bits per heavy atom. The molecule has 0 bridgehead atoms. The van der Waals surface area contributed by atoms with E-state index >= 15 is 0 Å². The lowest BCUT2D eigenvalue weighted by molar-refractivity contribution is 0.260. The fraction of sp³-hybridized carbons (Fsp3) is 0.294. The molecule has 6 heteroatoms. The van der Waals surface area contributed by atoms with Crippen molar-refractivity contribution in [3.63, 3.8) is 0 Å². The Kier molecular flexibility index (Phi) is 4.54. The first kappa shape index (κ1) is 15.8. The largest absolute Gasteiger partial charge is 0.490 e. The van der Waals surface area contributed by atoms with Crippen LogP contribution in [0.1, 0.15) is 12.5 Å². The molecular formula is C17H19NO4S. The molecule has 0 spiro atoms. The van der Waals surface area contributed by atoms with E-state index in [1.165, 1.54) is 0 Å². The van der Waals surface area contributed by atoms with Crippen molar-refractivity contribution < 1.29 is 17.9 Å². The van der Waals surface area contributed by atoms with Crippen LogP contribution in [0.5, 0.6) is 5.75 Å². The average Bonchev–Trinajstić information content (AvgIpc) is 3.37. The summed E-state index contributed by atoms with van der Waals surface area (Å²) in [4.78, 5) is 0.185. The van der Waals surface area contributed by atoms with Crippen LogP contribution in [0.4, 0.5) is 5.69 Å². The molecule has 5 nitrogen and oxygen atoms in total. The summed E-state index contributed by atoms with van der Waals surface area (Å²) in [7, 11) is -3.64. The molecule has 1 heterocycles. The Bertz CT molecular complexity index is 770. The summed E-state index contributed by atoms with van der Waals surface area (Å²) in [5.41, 5.74) is 1.50. The first-order valence-corrected chi connectivity index (χ1v) is 9.02. The second-order valence-corrected chi connectivity index (χ2v) is 7.04. The molecule has 0 radical (unpaired) electrons. The lowest BCUT2D eigenvalue weighted by Gasteiger charge is -2.13. The number of hydrogen-bond acceptors (Lipinski definition) is 4. The monoisotopic (exact) mass is 333 g/mol. The molecule has 3 rings (SSSR count). The fourth-order valence-corrected chi connectivity index (χ4v) is 3.27. The van der Waals surface area contributed by atoms with Crippen LogP contribution in [0.2, 0.25) is 0 Å². The SMILES string of the molecule is CCc1ccc(S(=O)(=O)Nc2ccccc2)cc1OCC1CO1. The number of epoxide rings is 1. The first-order chi connectivity index (χ1) is 11.1. The van der Waals surface area contributed by atoms with E-state index < -0.39 is 10.0 Å². The number of ether oxygens (including phenoxy) is 2. The minimum Gasteiger partial charge on any atom is -0.490 e. The fourth-order valence-electron chi connectivity index (χ4n) is 2.20. The molecule has 1 atom stereocenters. The van der Waals surface area contributed by atoms with E-state index in [9.17, 15) is 8.42 Å². The number of anilines is 1. The summed E-state index contributed by atoms with van der Waals surface area (Å²) in [6.07, 6.45) is 0.898. The zero-order valence-electron chi connectivity index (χ0n) is 12.9. The summed E-state index contributed by atoms with van der Waals surface area (Å²) >= 11 is 0. The van der Waals surface area contributed by atoms with Crippen molar-refractivity contribution in [2.75, 3.05) is 17.9 Å². The lowest BCUT2D eigenvalue weighted by atomic mass is 10.1. The Balaban J connectivity index is 1.84. The van der Waals surface area contributed by atoms with Gasteiger partial charge in [-0.25, -0.2) is 8.42 Å². The predicted molar refractivity (Wildman–Crippen MR) is 88.3 cm³/mol. The van der Waals surface area contributed by atoms with Crippen LogP contribution in [0.3, 0.4) is 0 Å². The van der Waals surface area contributed by atoms with Gasteiger partial charge in [0.15, 0.2) is 0 Å². The van der Waals surface area contributed by atoms with E-state index in [-0.39, 0.29) is 11.0 Å². The van der Waals surface area contributed by atoms with Crippen molar-refractivity contribution in [1.82, 2.24) is 0 Å². The molecule has 0 aliphatic carbocycles. The van der Waals surface area contributed by atoms with Gasteiger partial charge in [-0.3, -0.25) is 4.72 Å². The Labute approximate surface area is 136 Å². The van der Waals surface area contributed by atoms with Crippen LogP contribution < -0.4 is 9.46 Å². The van der Waals surface area contributed by atoms with Crippen molar-refractivity contribution in [2.24, 2.45) is 0 Å². The molecule has 1 fully saturated rings. The summed E-state index contributed by atoms with van der Waals surface area (Å²) < 4.78 is 38.4. The van der Waals surface area contributed by atoms with Crippen LogP contribution in [-0.2, 0) is 21.2 Å². The van der Waals surface area contributed by atoms with E-state index in [4.69, 9.17) is 9.47 Å². The number of nitrogens with one attached hydrogen (secondary N) is 1. The van der Waals surface area contributed by atoms with Gasteiger partial charge in [0.05, 0.1) is 11.5 Å². The summed E-state index contributed by atoms with van der Waals surface area (Å²) in [6.45, 7) is 3.16. The Morgan fingerprint density at radius 3 is 2.61 bits per heavy atom. The second kappa shape index (κ2) is 6.60. The highest BCUT2D eigenvalue weighted by Crippen LogP contribution is 2.26. The number of rotatable bonds is 7. The van der Waals surface area contributed by atoms with Crippen molar-refractivity contribution >= 4 is 15.7 Å². The topological polar surface area (TPSA) is 67.9 Å². The van der Waals surface area contributed by atoms with Gasteiger partial charge in [0.25, 0.3) is 10.0 Å². The van der Waals surface area contributed by atoms with Gasteiger partial charge in [-0.15, -0.1) is 0 Å². The van der Waals surface area contributed by atoms with Gasteiger partial charge in [-0.2, -0.15) is 0 Å². The van der Waals surface area contributed by atoms with Gasteiger partial charge in [-0.05, 0) is 30.2 Å². The van der Waals surface area contributed by atoms with Crippen molar-refractivity contribution in [3.8, 4) is 5.75 Å². The number of hydrogen-bond donors (Lipinski definition) is 1. The van der Waals surface area contributed by atoms with Crippen molar-refractivity contribution in [1.29, 1.82) is 0 Å².